The number of hydrogen-bond donors (Lipinski definition) is 0. The predicted molar refractivity (Wildman–Crippen MR) is 98.0 cm³/mol. The van der Waals surface area contributed by atoms with E-state index in [1.807, 2.05) is 12.1 Å². The number of aromatic nitrogens is 2. The molecule has 0 radical (unpaired) electrons. The Balaban J connectivity index is 1.52. The largest absolute Gasteiger partial charge is 0.355 e. The van der Waals surface area contributed by atoms with E-state index < -0.39 is 0 Å². The van der Waals surface area contributed by atoms with Crippen molar-refractivity contribution in [1.82, 2.24) is 14.9 Å². The van der Waals surface area contributed by atoms with Crippen LogP contribution in [0.15, 0.2) is 54.9 Å². The summed E-state index contributed by atoms with van der Waals surface area (Å²) in [6.07, 6.45) is 2.53. The van der Waals surface area contributed by atoms with Crippen LogP contribution in [0.5, 0.6) is 0 Å². The minimum atomic E-state index is -0.290. The third kappa shape index (κ3) is 3.46. The summed E-state index contributed by atoms with van der Waals surface area (Å²) in [5.74, 6) is 0.549. The Kier molecular flexibility index (Phi) is 4.57. The van der Waals surface area contributed by atoms with Gasteiger partial charge in [0.05, 0.1) is 0 Å². The topological polar surface area (TPSA) is 32.3 Å². The summed E-state index contributed by atoms with van der Waals surface area (Å²) >= 11 is 0. The molecule has 0 N–H and O–H groups in total. The Labute approximate surface area is 146 Å². The number of para-hydroxylation sites is 1. The van der Waals surface area contributed by atoms with E-state index in [1.54, 1.807) is 6.07 Å². The Hall–Kier alpha value is -2.53. The lowest BCUT2D eigenvalue weighted by atomic mass is 10.2. The van der Waals surface area contributed by atoms with Crippen LogP contribution in [0.1, 0.15) is 12.0 Å². The number of rotatable bonds is 3. The van der Waals surface area contributed by atoms with Crippen LogP contribution in [0, 0.1) is 5.82 Å². The normalized spacial score (nSPS) is 16.1. The number of hydrogen-bond acceptors (Lipinski definition) is 4. The van der Waals surface area contributed by atoms with Gasteiger partial charge in [0.1, 0.15) is 23.5 Å². The molecular weight excluding hydrogens is 315 g/mol. The van der Waals surface area contributed by atoms with E-state index in [0.717, 1.165) is 50.3 Å². The summed E-state index contributed by atoms with van der Waals surface area (Å²) in [4.78, 5) is 13.3. The lowest BCUT2D eigenvalue weighted by Crippen LogP contribution is -2.31. The fourth-order valence-electron chi connectivity index (χ4n) is 3.47. The molecule has 4 nitrogen and oxygen atoms in total. The maximum Gasteiger partial charge on any atom is 0.149 e. The van der Waals surface area contributed by atoms with E-state index in [9.17, 15) is 4.39 Å². The van der Waals surface area contributed by atoms with Crippen LogP contribution in [0.2, 0.25) is 0 Å². The molecular formula is C20H21FN4. The number of nitrogens with zero attached hydrogens (tertiary/aromatic N) is 4. The summed E-state index contributed by atoms with van der Waals surface area (Å²) in [5.41, 5.74) is 1.74. The highest BCUT2D eigenvalue weighted by Crippen LogP contribution is 2.25. The van der Waals surface area contributed by atoms with Crippen LogP contribution in [0.4, 0.5) is 10.2 Å². The van der Waals surface area contributed by atoms with Crippen molar-refractivity contribution < 1.29 is 4.39 Å². The second kappa shape index (κ2) is 7.15. The minimum absolute atomic E-state index is 0.290. The molecule has 0 aliphatic carbocycles. The van der Waals surface area contributed by atoms with Gasteiger partial charge in [-0.05, 0) is 24.1 Å². The Bertz CT molecular complexity index is 853. The molecule has 0 bridgehead atoms. The van der Waals surface area contributed by atoms with Gasteiger partial charge in [0.15, 0.2) is 0 Å². The van der Waals surface area contributed by atoms with E-state index >= 15 is 0 Å². The van der Waals surface area contributed by atoms with Crippen molar-refractivity contribution in [3.63, 3.8) is 0 Å². The monoisotopic (exact) mass is 336 g/mol. The molecule has 2 heterocycles. The maximum atomic E-state index is 14.0. The first-order valence-corrected chi connectivity index (χ1v) is 8.72. The predicted octanol–water partition coefficient (Wildman–Crippen LogP) is 3.48. The molecule has 2 aromatic carbocycles. The average Bonchev–Trinajstić information content (AvgIpc) is 2.88. The molecule has 1 fully saturated rings. The molecule has 0 saturated carbocycles. The summed E-state index contributed by atoms with van der Waals surface area (Å²) in [6, 6.07) is 15.6. The molecule has 4 rings (SSSR count). The molecule has 1 saturated heterocycles. The van der Waals surface area contributed by atoms with Gasteiger partial charge in [-0.15, -0.1) is 0 Å². The first kappa shape index (κ1) is 16.0. The standard InChI is InChI=1S/C20H21FN4/c21-18-9-4-8-17-19(18)22-15-23-20(17)25-11-5-10-24(12-13-25)14-16-6-2-1-3-7-16/h1-4,6-9,15H,5,10-14H2. The highest BCUT2D eigenvalue weighted by Gasteiger charge is 2.18. The first-order valence-electron chi connectivity index (χ1n) is 8.72. The summed E-state index contributed by atoms with van der Waals surface area (Å²) < 4.78 is 14.0. The van der Waals surface area contributed by atoms with Crippen LogP contribution in [0.3, 0.4) is 0 Å². The number of benzene rings is 2. The van der Waals surface area contributed by atoms with Crippen LogP contribution in [-0.4, -0.2) is 41.0 Å². The molecule has 128 valence electrons. The Morgan fingerprint density at radius 2 is 1.76 bits per heavy atom. The molecule has 25 heavy (non-hydrogen) atoms. The van der Waals surface area contributed by atoms with Gasteiger partial charge < -0.3 is 4.90 Å². The third-order valence-corrected chi connectivity index (χ3v) is 4.73. The highest BCUT2D eigenvalue weighted by atomic mass is 19.1. The van der Waals surface area contributed by atoms with Gasteiger partial charge in [-0.25, -0.2) is 14.4 Å². The van der Waals surface area contributed by atoms with E-state index in [-0.39, 0.29) is 5.82 Å². The lowest BCUT2D eigenvalue weighted by Gasteiger charge is -2.23. The van der Waals surface area contributed by atoms with E-state index in [0.29, 0.717) is 5.52 Å². The van der Waals surface area contributed by atoms with Crippen LogP contribution in [0.25, 0.3) is 10.9 Å². The summed E-state index contributed by atoms with van der Waals surface area (Å²) in [5, 5.41) is 0.791. The molecule has 5 heteroatoms. The molecule has 1 aromatic heterocycles. The van der Waals surface area contributed by atoms with Crippen molar-refractivity contribution in [2.24, 2.45) is 0 Å². The second-order valence-corrected chi connectivity index (χ2v) is 6.44. The van der Waals surface area contributed by atoms with Gasteiger partial charge in [-0.2, -0.15) is 0 Å². The van der Waals surface area contributed by atoms with Gasteiger partial charge in [-0.1, -0.05) is 36.4 Å². The summed E-state index contributed by atoms with van der Waals surface area (Å²) in [7, 11) is 0. The van der Waals surface area contributed by atoms with Crippen LogP contribution < -0.4 is 4.90 Å². The Morgan fingerprint density at radius 1 is 0.880 bits per heavy atom. The molecule has 3 aromatic rings. The Morgan fingerprint density at radius 3 is 2.64 bits per heavy atom. The fraction of sp³-hybridized carbons (Fsp3) is 0.300. The van der Waals surface area contributed by atoms with Crippen molar-refractivity contribution >= 4 is 16.7 Å². The smallest absolute Gasteiger partial charge is 0.149 e. The van der Waals surface area contributed by atoms with Crippen molar-refractivity contribution in [2.75, 3.05) is 31.1 Å². The van der Waals surface area contributed by atoms with Crippen LogP contribution in [-0.2, 0) is 6.54 Å². The van der Waals surface area contributed by atoms with Crippen molar-refractivity contribution in [2.45, 2.75) is 13.0 Å². The van der Waals surface area contributed by atoms with Gasteiger partial charge in [0.25, 0.3) is 0 Å². The van der Waals surface area contributed by atoms with Crippen molar-refractivity contribution in [3.8, 4) is 0 Å². The van der Waals surface area contributed by atoms with E-state index in [4.69, 9.17) is 0 Å². The number of halogens is 1. The zero-order valence-electron chi connectivity index (χ0n) is 14.1. The third-order valence-electron chi connectivity index (χ3n) is 4.73. The minimum Gasteiger partial charge on any atom is -0.355 e. The maximum absolute atomic E-state index is 14.0. The molecule has 0 amide bonds. The zero-order chi connectivity index (χ0) is 17.1. The van der Waals surface area contributed by atoms with Gasteiger partial charge in [0, 0.05) is 38.1 Å². The van der Waals surface area contributed by atoms with Gasteiger partial charge in [0.2, 0.25) is 0 Å². The molecule has 0 spiro atoms. The van der Waals surface area contributed by atoms with Gasteiger partial charge >= 0.3 is 0 Å². The number of fused-ring (bicyclic) bond motifs is 1. The SMILES string of the molecule is Fc1cccc2c(N3CCCN(Cc4ccccc4)CC3)ncnc12. The summed E-state index contributed by atoms with van der Waals surface area (Å²) in [6.45, 7) is 4.80. The van der Waals surface area contributed by atoms with Gasteiger partial charge in [-0.3, -0.25) is 4.90 Å². The number of anilines is 1. The highest BCUT2D eigenvalue weighted by molar-refractivity contribution is 5.89. The quantitative estimate of drug-likeness (QED) is 0.733. The van der Waals surface area contributed by atoms with E-state index in [1.165, 1.54) is 18.0 Å². The average molecular weight is 336 g/mol. The fourth-order valence-corrected chi connectivity index (χ4v) is 3.47. The molecule has 0 unspecified atom stereocenters. The second-order valence-electron chi connectivity index (χ2n) is 6.44. The molecule has 0 atom stereocenters. The molecule has 1 aliphatic heterocycles. The lowest BCUT2D eigenvalue weighted by molar-refractivity contribution is 0.285. The molecule has 1 aliphatic rings. The van der Waals surface area contributed by atoms with Crippen molar-refractivity contribution in [3.05, 3.63) is 66.2 Å². The van der Waals surface area contributed by atoms with E-state index in [2.05, 4.69) is 44.0 Å². The van der Waals surface area contributed by atoms with Crippen LogP contribution >= 0.6 is 0 Å². The van der Waals surface area contributed by atoms with Crippen molar-refractivity contribution in [1.29, 1.82) is 0 Å². The first-order chi connectivity index (χ1) is 12.3. The zero-order valence-corrected chi connectivity index (χ0v) is 14.1.